The molecule has 244 valence electrons. The first-order valence-electron chi connectivity index (χ1n) is 16.2. The number of hydrogen-bond donors (Lipinski definition) is 1. The molecule has 0 radical (unpaired) electrons. The van der Waals surface area contributed by atoms with E-state index in [0.717, 1.165) is 67.1 Å². The van der Waals surface area contributed by atoms with E-state index in [9.17, 15) is 9.59 Å². The Bertz CT molecular complexity index is 1460. The van der Waals surface area contributed by atoms with Crippen molar-refractivity contribution in [3.05, 3.63) is 71.0 Å². The Kier molecular flexibility index (Phi) is 11.7. The van der Waals surface area contributed by atoms with E-state index in [-0.39, 0.29) is 24.0 Å². The SMILES string of the molecule is CCN(CC)CCN(CC)c1ccc(C)c(C(=O)NC(C)c2cc(OC)cc(-c3cc(C(=O)N4CCC(OC)C4)n(C)c3)c2)c1. The van der Waals surface area contributed by atoms with E-state index in [1.807, 2.05) is 66.9 Å². The number of likely N-dealkylation sites (N-methyl/N-ethyl adjacent to an activating group) is 2. The molecule has 0 spiro atoms. The van der Waals surface area contributed by atoms with E-state index >= 15 is 0 Å². The number of hydrogen-bond acceptors (Lipinski definition) is 6. The lowest BCUT2D eigenvalue weighted by Crippen LogP contribution is -2.35. The summed E-state index contributed by atoms with van der Waals surface area (Å²) in [6.07, 6.45) is 2.90. The number of aromatic nitrogens is 1. The number of aryl methyl sites for hydroxylation is 2. The monoisotopic (exact) mass is 617 g/mol. The van der Waals surface area contributed by atoms with E-state index in [2.05, 4.69) is 48.0 Å². The van der Waals surface area contributed by atoms with Crippen LogP contribution in [0.1, 0.15) is 72.1 Å². The third-order valence-corrected chi connectivity index (χ3v) is 9.13. The Morgan fingerprint density at radius 1 is 1.00 bits per heavy atom. The number of benzene rings is 2. The molecule has 1 aliphatic heterocycles. The zero-order valence-electron chi connectivity index (χ0n) is 28.4. The first kappa shape index (κ1) is 34.1. The van der Waals surface area contributed by atoms with Crippen LogP contribution < -0.4 is 15.0 Å². The summed E-state index contributed by atoms with van der Waals surface area (Å²) in [5.74, 6) is 0.575. The Labute approximate surface area is 269 Å². The van der Waals surface area contributed by atoms with Gasteiger partial charge in [0.2, 0.25) is 0 Å². The molecule has 0 bridgehead atoms. The summed E-state index contributed by atoms with van der Waals surface area (Å²) in [6.45, 7) is 16.6. The van der Waals surface area contributed by atoms with E-state index < -0.39 is 0 Å². The number of nitrogens with one attached hydrogen (secondary N) is 1. The van der Waals surface area contributed by atoms with E-state index in [4.69, 9.17) is 9.47 Å². The smallest absolute Gasteiger partial charge is 0.270 e. The largest absolute Gasteiger partial charge is 0.497 e. The van der Waals surface area contributed by atoms with Crippen molar-refractivity contribution in [2.45, 2.75) is 53.2 Å². The number of nitrogens with zero attached hydrogens (tertiary/aromatic N) is 4. The molecule has 0 aliphatic carbocycles. The number of ether oxygens (including phenoxy) is 2. The van der Waals surface area contributed by atoms with Gasteiger partial charge < -0.3 is 34.1 Å². The minimum absolute atomic E-state index is 0.000608. The molecule has 1 saturated heterocycles. The standard InChI is InChI=1S/C36H51N5O4/c1-9-39(10-2)16-17-40(11-3)30-13-12-25(4)33(22-30)35(42)37-26(5)27-18-28(20-32(19-27)45-8)29-21-34(38(6)23-29)36(43)41-15-14-31(24-41)44-7/h12-13,18-23,26,31H,9-11,14-17,24H2,1-8H3,(H,37,42). The molecule has 9 heteroatoms. The average Bonchev–Trinajstić information content (AvgIpc) is 3.70. The molecular weight excluding hydrogens is 566 g/mol. The normalized spacial score (nSPS) is 15.4. The molecule has 1 aliphatic rings. The summed E-state index contributed by atoms with van der Waals surface area (Å²) < 4.78 is 13.0. The number of carbonyl (C=O) groups excluding carboxylic acids is 2. The van der Waals surface area contributed by atoms with Crippen LogP contribution >= 0.6 is 0 Å². The molecule has 1 aromatic heterocycles. The predicted molar refractivity (Wildman–Crippen MR) is 181 cm³/mol. The highest BCUT2D eigenvalue weighted by molar-refractivity contribution is 5.97. The molecule has 3 aromatic rings. The van der Waals surface area contributed by atoms with Gasteiger partial charge in [-0.2, -0.15) is 0 Å². The first-order chi connectivity index (χ1) is 21.6. The van der Waals surface area contributed by atoms with Crippen LogP contribution in [0.25, 0.3) is 11.1 Å². The number of anilines is 1. The van der Waals surface area contributed by atoms with Crippen LogP contribution in [-0.2, 0) is 11.8 Å². The summed E-state index contributed by atoms with van der Waals surface area (Å²) in [6, 6.07) is 13.8. The van der Waals surface area contributed by atoms with E-state index in [1.54, 1.807) is 14.2 Å². The highest BCUT2D eigenvalue weighted by Gasteiger charge is 2.28. The van der Waals surface area contributed by atoms with Crippen LogP contribution in [0.4, 0.5) is 5.69 Å². The molecule has 45 heavy (non-hydrogen) atoms. The van der Waals surface area contributed by atoms with E-state index in [0.29, 0.717) is 30.1 Å². The fraction of sp³-hybridized carbons (Fsp3) is 0.500. The molecule has 2 atom stereocenters. The van der Waals surface area contributed by atoms with Crippen LogP contribution in [0.3, 0.4) is 0 Å². The molecular formula is C36H51N5O4. The molecule has 2 amide bonds. The minimum atomic E-state index is -0.278. The molecule has 9 nitrogen and oxygen atoms in total. The lowest BCUT2D eigenvalue weighted by Gasteiger charge is -2.27. The van der Waals surface area contributed by atoms with Crippen LogP contribution in [0, 0.1) is 6.92 Å². The number of rotatable bonds is 14. The number of likely N-dealkylation sites (tertiary alicyclic amines) is 1. The maximum absolute atomic E-state index is 13.7. The van der Waals surface area contributed by atoms with Gasteiger partial charge >= 0.3 is 0 Å². The Hall–Kier alpha value is -3.82. The van der Waals surface area contributed by atoms with Gasteiger partial charge in [-0.05, 0) is 93.4 Å². The maximum Gasteiger partial charge on any atom is 0.270 e. The third kappa shape index (κ3) is 8.07. The minimum Gasteiger partial charge on any atom is -0.497 e. The summed E-state index contributed by atoms with van der Waals surface area (Å²) in [7, 11) is 5.22. The van der Waals surface area contributed by atoms with Crippen molar-refractivity contribution in [3.8, 4) is 16.9 Å². The quantitative estimate of drug-likeness (QED) is 0.256. The Balaban J connectivity index is 1.53. The van der Waals surface area contributed by atoms with Gasteiger partial charge in [0.05, 0.1) is 19.3 Å². The van der Waals surface area contributed by atoms with Crippen LogP contribution in [0.15, 0.2) is 48.7 Å². The second-order valence-corrected chi connectivity index (χ2v) is 11.9. The predicted octanol–water partition coefficient (Wildman–Crippen LogP) is 5.53. The summed E-state index contributed by atoms with van der Waals surface area (Å²) in [5, 5.41) is 3.22. The van der Waals surface area contributed by atoms with Gasteiger partial charge in [-0.15, -0.1) is 0 Å². The second kappa shape index (κ2) is 15.5. The molecule has 2 aromatic carbocycles. The number of amides is 2. The fourth-order valence-electron chi connectivity index (χ4n) is 6.04. The molecule has 2 unspecified atom stereocenters. The van der Waals surface area contributed by atoms with Gasteiger partial charge in [0.1, 0.15) is 11.4 Å². The molecule has 4 rings (SSSR count). The number of methoxy groups -OCH3 is 2. The van der Waals surface area contributed by atoms with Crippen LogP contribution in [0.5, 0.6) is 5.75 Å². The van der Waals surface area contributed by atoms with Crippen molar-refractivity contribution >= 4 is 17.5 Å². The van der Waals surface area contributed by atoms with Crippen molar-refractivity contribution in [2.75, 3.05) is 64.9 Å². The topological polar surface area (TPSA) is 79.3 Å². The fourth-order valence-corrected chi connectivity index (χ4v) is 6.04. The van der Waals surface area contributed by atoms with Gasteiger partial charge in [0.15, 0.2) is 0 Å². The van der Waals surface area contributed by atoms with Gasteiger partial charge in [0, 0.05) is 69.9 Å². The Morgan fingerprint density at radius 3 is 2.40 bits per heavy atom. The van der Waals surface area contributed by atoms with Crippen molar-refractivity contribution in [3.63, 3.8) is 0 Å². The molecule has 0 saturated carbocycles. The maximum atomic E-state index is 13.7. The zero-order valence-corrected chi connectivity index (χ0v) is 28.4. The average molecular weight is 618 g/mol. The highest BCUT2D eigenvalue weighted by Crippen LogP contribution is 2.31. The zero-order chi connectivity index (χ0) is 32.7. The van der Waals surface area contributed by atoms with Crippen molar-refractivity contribution in [2.24, 2.45) is 7.05 Å². The summed E-state index contributed by atoms with van der Waals surface area (Å²) in [4.78, 5) is 33.5. The van der Waals surface area contributed by atoms with Crippen molar-refractivity contribution in [1.29, 1.82) is 0 Å². The van der Waals surface area contributed by atoms with Gasteiger partial charge in [-0.25, -0.2) is 0 Å². The van der Waals surface area contributed by atoms with Gasteiger partial charge in [-0.1, -0.05) is 19.9 Å². The highest BCUT2D eigenvalue weighted by atomic mass is 16.5. The van der Waals surface area contributed by atoms with E-state index in [1.165, 1.54) is 0 Å². The third-order valence-electron chi connectivity index (χ3n) is 9.13. The van der Waals surface area contributed by atoms with Gasteiger partial charge in [-0.3, -0.25) is 9.59 Å². The van der Waals surface area contributed by atoms with Crippen molar-refractivity contribution in [1.82, 2.24) is 19.7 Å². The lowest BCUT2D eigenvalue weighted by atomic mass is 10.00. The lowest BCUT2D eigenvalue weighted by molar-refractivity contribution is 0.0715. The molecule has 1 fully saturated rings. The van der Waals surface area contributed by atoms with Crippen molar-refractivity contribution < 1.29 is 19.1 Å². The Morgan fingerprint density at radius 2 is 1.76 bits per heavy atom. The van der Waals surface area contributed by atoms with Gasteiger partial charge in [0.25, 0.3) is 11.8 Å². The summed E-state index contributed by atoms with van der Waals surface area (Å²) >= 11 is 0. The molecule has 1 N–H and O–H groups in total. The summed E-state index contributed by atoms with van der Waals surface area (Å²) in [5.41, 5.74) is 6.04. The van der Waals surface area contributed by atoms with Crippen LogP contribution in [-0.4, -0.2) is 92.3 Å². The first-order valence-corrected chi connectivity index (χ1v) is 16.2. The second-order valence-electron chi connectivity index (χ2n) is 11.9. The number of carbonyl (C=O) groups is 2. The van der Waals surface area contributed by atoms with Crippen LogP contribution in [0.2, 0.25) is 0 Å². The molecule has 2 heterocycles.